The molecule has 0 bridgehead atoms. The highest BCUT2D eigenvalue weighted by Gasteiger charge is 2.37. The zero-order chi connectivity index (χ0) is 23.8. The fourth-order valence-electron chi connectivity index (χ4n) is 2.62. The average molecular weight is 486 g/mol. The number of imide groups is 1. The molecule has 1 aromatic rings. The average Bonchev–Trinajstić information content (AvgIpc) is 2.94. The Morgan fingerprint density at radius 3 is 2.47 bits per heavy atom. The number of carbonyl (C=O) groups is 4. The van der Waals surface area contributed by atoms with Crippen molar-refractivity contribution < 1.29 is 38.1 Å². The number of amides is 2. The van der Waals surface area contributed by atoms with Crippen LogP contribution in [0.2, 0.25) is 5.02 Å². The second-order valence-electron chi connectivity index (χ2n) is 6.66. The maximum absolute atomic E-state index is 12.6. The van der Waals surface area contributed by atoms with Gasteiger partial charge in [0.2, 0.25) is 0 Å². The van der Waals surface area contributed by atoms with E-state index in [0.717, 1.165) is 4.90 Å². The first-order valence-corrected chi connectivity index (χ1v) is 11.0. The van der Waals surface area contributed by atoms with E-state index in [4.69, 9.17) is 30.5 Å². The Hall–Kier alpha value is -2.72. The van der Waals surface area contributed by atoms with Crippen LogP contribution in [0, 0.1) is 0 Å². The minimum atomic E-state index is -0.673. The third kappa shape index (κ3) is 6.89. The lowest BCUT2D eigenvalue weighted by atomic mass is 10.1. The van der Waals surface area contributed by atoms with E-state index >= 15 is 0 Å². The minimum absolute atomic E-state index is 0.117. The monoisotopic (exact) mass is 485 g/mol. The summed E-state index contributed by atoms with van der Waals surface area (Å²) >= 11 is 7.01. The lowest BCUT2D eigenvalue weighted by Crippen LogP contribution is -2.35. The van der Waals surface area contributed by atoms with Crippen molar-refractivity contribution in [1.82, 2.24) is 4.90 Å². The van der Waals surface area contributed by atoms with Crippen LogP contribution in [-0.2, 0) is 23.9 Å². The molecule has 1 saturated heterocycles. The second-order valence-corrected chi connectivity index (χ2v) is 8.06. The first kappa shape index (κ1) is 25.5. The van der Waals surface area contributed by atoms with Crippen LogP contribution < -0.4 is 9.47 Å². The fourth-order valence-corrected chi connectivity index (χ4v) is 3.74. The molecule has 9 nitrogen and oxygen atoms in total. The lowest BCUT2D eigenvalue weighted by molar-refractivity contribution is -0.149. The molecule has 1 aliphatic heterocycles. The van der Waals surface area contributed by atoms with Crippen molar-refractivity contribution in [1.29, 1.82) is 0 Å². The van der Waals surface area contributed by atoms with Gasteiger partial charge in [0.05, 0.1) is 29.2 Å². The fraction of sp³-hybridized carbons (Fsp3) is 0.429. The minimum Gasteiger partial charge on any atom is -0.490 e. The lowest BCUT2D eigenvalue weighted by Gasteiger charge is -2.14. The Bertz CT molecular complexity index is 931. The number of nitrogens with zero attached hydrogens (tertiary/aromatic N) is 1. The van der Waals surface area contributed by atoms with Gasteiger partial charge in [0.15, 0.2) is 18.1 Å². The molecule has 0 radical (unpaired) electrons. The van der Waals surface area contributed by atoms with Crippen molar-refractivity contribution >= 4 is 52.5 Å². The molecule has 32 heavy (non-hydrogen) atoms. The molecule has 0 aromatic heterocycles. The second kappa shape index (κ2) is 11.8. The Morgan fingerprint density at radius 2 is 1.84 bits per heavy atom. The SMILES string of the molecule is CCOC(=O)COc1c(Cl)cc(/C=C2/SC(=O)N(CC(=O)OC(C)C)C2=O)cc1OCC. The van der Waals surface area contributed by atoms with Crippen LogP contribution in [0.4, 0.5) is 4.79 Å². The van der Waals surface area contributed by atoms with E-state index in [2.05, 4.69) is 0 Å². The summed E-state index contributed by atoms with van der Waals surface area (Å²) in [5, 5.41) is -0.432. The number of carbonyl (C=O) groups excluding carboxylic acids is 4. The summed E-state index contributed by atoms with van der Waals surface area (Å²) in [6.07, 6.45) is 1.10. The zero-order valence-electron chi connectivity index (χ0n) is 18.1. The Morgan fingerprint density at radius 1 is 1.12 bits per heavy atom. The van der Waals surface area contributed by atoms with Gasteiger partial charge in [-0.3, -0.25) is 19.3 Å². The summed E-state index contributed by atoms with van der Waals surface area (Å²) in [5.41, 5.74) is 0.470. The Balaban J connectivity index is 2.24. The summed E-state index contributed by atoms with van der Waals surface area (Å²) < 4.78 is 20.8. The first-order chi connectivity index (χ1) is 15.2. The number of ether oxygens (including phenoxy) is 4. The van der Waals surface area contributed by atoms with Crippen LogP contribution in [0.15, 0.2) is 17.0 Å². The zero-order valence-corrected chi connectivity index (χ0v) is 19.7. The summed E-state index contributed by atoms with van der Waals surface area (Å²) in [7, 11) is 0. The van der Waals surface area contributed by atoms with Gasteiger partial charge in [0.25, 0.3) is 11.1 Å². The van der Waals surface area contributed by atoms with E-state index in [9.17, 15) is 19.2 Å². The number of hydrogen-bond donors (Lipinski definition) is 0. The number of hydrogen-bond acceptors (Lipinski definition) is 9. The molecule has 174 valence electrons. The van der Waals surface area contributed by atoms with Crippen LogP contribution in [0.3, 0.4) is 0 Å². The molecule has 0 atom stereocenters. The molecule has 11 heteroatoms. The maximum Gasteiger partial charge on any atom is 0.344 e. The predicted molar refractivity (Wildman–Crippen MR) is 119 cm³/mol. The quantitative estimate of drug-likeness (QED) is 0.362. The van der Waals surface area contributed by atoms with Crippen LogP contribution in [-0.4, -0.2) is 60.5 Å². The van der Waals surface area contributed by atoms with Gasteiger partial charge in [-0.05, 0) is 63.2 Å². The van der Waals surface area contributed by atoms with Crippen LogP contribution in [0.5, 0.6) is 11.5 Å². The number of esters is 2. The van der Waals surface area contributed by atoms with Gasteiger partial charge in [-0.25, -0.2) is 4.79 Å². The molecule has 1 fully saturated rings. The van der Waals surface area contributed by atoms with Gasteiger partial charge in [-0.15, -0.1) is 0 Å². The van der Waals surface area contributed by atoms with E-state index in [-0.39, 0.29) is 40.7 Å². The molecule has 2 amide bonds. The highest BCUT2D eigenvalue weighted by molar-refractivity contribution is 8.18. The third-order valence-electron chi connectivity index (χ3n) is 3.80. The summed E-state index contributed by atoms with van der Waals surface area (Å²) in [6.45, 7) is 6.49. The van der Waals surface area contributed by atoms with Gasteiger partial charge in [0.1, 0.15) is 6.54 Å². The van der Waals surface area contributed by atoms with Crippen molar-refractivity contribution in [2.75, 3.05) is 26.4 Å². The van der Waals surface area contributed by atoms with Crippen LogP contribution in [0.1, 0.15) is 33.3 Å². The molecule has 0 saturated carbocycles. The highest BCUT2D eigenvalue weighted by atomic mass is 35.5. The number of halogens is 1. The molecular weight excluding hydrogens is 462 g/mol. The molecular formula is C21H24ClNO8S. The van der Waals surface area contributed by atoms with Crippen molar-refractivity contribution in [3.63, 3.8) is 0 Å². The van der Waals surface area contributed by atoms with Crippen molar-refractivity contribution in [3.05, 3.63) is 27.6 Å². The molecule has 0 N–H and O–H groups in total. The van der Waals surface area contributed by atoms with Gasteiger partial charge in [0, 0.05) is 0 Å². The summed E-state index contributed by atoms with van der Waals surface area (Å²) in [4.78, 5) is 49.2. The summed E-state index contributed by atoms with van der Waals surface area (Å²) in [6, 6.07) is 3.07. The van der Waals surface area contributed by atoms with E-state index in [1.54, 1.807) is 33.8 Å². The molecule has 0 spiro atoms. The smallest absolute Gasteiger partial charge is 0.344 e. The maximum atomic E-state index is 12.6. The van der Waals surface area contributed by atoms with Crippen LogP contribution >= 0.6 is 23.4 Å². The summed E-state index contributed by atoms with van der Waals surface area (Å²) in [5.74, 6) is -1.43. The topological polar surface area (TPSA) is 108 Å². The highest BCUT2D eigenvalue weighted by Crippen LogP contribution is 2.39. The molecule has 1 aromatic carbocycles. The number of benzene rings is 1. The standard InChI is InChI=1S/C21H24ClNO8S/c1-5-28-15-8-13(7-14(22)19(15)30-11-18(25)29-6-2)9-16-20(26)23(21(27)32-16)10-17(24)31-12(3)4/h7-9,12H,5-6,10-11H2,1-4H3/b16-9+. The molecule has 2 rings (SSSR count). The molecule has 1 heterocycles. The Kier molecular flexibility index (Phi) is 9.40. The van der Waals surface area contributed by atoms with E-state index < -0.39 is 29.6 Å². The first-order valence-electron chi connectivity index (χ1n) is 9.85. The van der Waals surface area contributed by atoms with Gasteiger partial charge < -0.3 is 18.9 Å². The van der Waals surface area contributed by atoms with Crippen molar-refractivity contribution in [3.8, 4) is 11.5 Å². The predicted octanol–water partition coefficient (Wildman–Crippen LogP) is 3.67. The molecule has 1 aliphatic rings. The Labute approximate surface area is 194 Å². The molecule has 0 aliphatic carbocycles. The van der Waals surface area contributed by atoms with Crippen molar-refractivity contribution in [2.24, 2.45) is 0 Å². The van der Waals surface area contributed by atoms with Gasteiger partial charge in [-0.1, -0.05) is 11.6 Å². The van der Waals surface area contributed by atoms with E-state index in [0.29, 0.717) is 23.9 Å². The van der Waals surface area contributed by atoms with Crippen molar-refractivity contribution in [2.45, 2.75) is 33.8 Å². The van der Waals surface area contributed by atoms with Crippen LogP contribution in [0.25, 0.3) is 6.08 Å². The molecule has 0 unspecified atom stereocenters. The van der Waals surface area contributed by atoms with E-state index in [1.165, 1.54) is 12.1 Å². The number of rotatable bonds is 10. The van der Waals surface area contributed by atoms with Gasteiger partial charge in [-0.2, -0.15) is 0 Å². The third-order valence-corrected chi connectivity index (χ3v) is 4.99. The largest absolute Gasteiger partial charge is 0.490 e. The normalized spacial score (nSPS) is 14.8. The number of thioether (sulfide) groups is 1. The van der Waals surface area contributed by atoms with E-state index in [1.807, 2.05) is 0 Å². The van der Waals surface area contributed by atoms with Gasteiger partial charge >= 0.3 is 11.9 Å².